The topological polar surface area (TPSA) is 29.1 Å². The van der Waals surface area contributed by atoms with Gasteiger partial charge in [0, 0.05) is 11.5 Å². The summed E-state index contributed by atoms with van der Waals surface area (Å²) in [4.78, 5) is 12.2. The molecule has 122 valence electrons. The van der Waals surface area contributed by atoms with Gasteiger partial charge in [-0.2, -0.15) is 13.2 Å². The lowest BCUT2D eigenvalue weighted by Gasteiger charge is -2.26. The Morgan fingerprint density at radius 1 is 1.27 bits per heavy atom. The molecule has 1 aliphatic rings. The SMILES string of the molecule is CCCC(C)(C)NC(=O)[C@H]1C[C@H]1c1ccccc1C(F)(F)F. The van der Waals surface area contributed by atoms with Crippen LogP contribution in [0.25, 0.3) is 0 Å². The Kier molecular flexibility index (Phi) is 4.54. The normalized spacial score (nSPS) is 21.5. The highest BCUT2D eigenvalue weighted by molar-refractivity contribution is 5.83. The molecule has 1 aliphatic carbocycles. The number of benzene rings is 1. The van der Waals surface area contributed by atoms with Gasteiger partial charge in [-0.1, -0.05) is 31.5 Å². The number of rotatable bonds is 5. The van der Waals surface area contributed by atoms with Gasteiger partial charge in [0.1, 0.15) is 0 Å². The number of hydrogen-bond donors (Lipinski definition) is 1. The summed E-state index contributed by atoms with van der Waals surface area (Å²) in [5.41, 5.74) is -0.700. The van der Waals surface area contributed by atoms with Crippen molar-refractivity contribution < 1.29 is 18.0 Å². The Hall–Kier alpha value is -1.52. The Bertz CT molecular complexity index is 551. The van der Waals surface area contributed by atoms with Gasteiger partial charge >= 0.3 is 6.18 Å². The van der Waals surface area contributed by atoms with Crippen molar-refractivity contribution in [2.45, 2.75) is 57.7 Å². The molecule has 22 heavy (non-hydrogen) atoms. The fourth-order valence-corrected chi connectivity index (χ4v) is 3.02. The van der Waals surface area contributed by atoms with Crippen molar-refractivity contribution in [2.24, 2.45) is 5.92 Å². The van der Waals surface area contributed by atoms with Gasteiger partial charge in [-0.3, -0.25) is 4.79 Å². The maximum absolute atomic E-state index is 13.0. The van der Waals surface area contributed by atoms with Crippen molar-refractivity contribution in [3.8, 4) is 0 Å². The van der Waals surface area contributed by atoms with Crippen LogP contribution in [0, 0.1) is 5.92 Å². The van der Waals surface area contributed by atoms with Gasteiger partial charge in [0.05, 0.1) is 5.56 Å². The first-order chi connectivity index (χ1) is 10.2. The molecule has 2 rings (SSSR count). The van der Waals surface area contributed by atoms with Crippen molar-refractivity contribution in [3.63, 3.8) is 0 Å². The van der Waals surface area contributed by atoms with Crippen molar-refractivity contribution in [2.75, 3.05) is 0 Å². The van der Waals surface area contributed by atoms with Gasteiger partial charge in [-0.15, -0.1) is 0 Å². The molecule has 0 aliphatic heterocycles. The van der Waals surface area contributed by atoms with Crippen LogP contribution in [-0.2, 0) is 11.0 Å². The van der Waals surface area contributed by atoms with Crippen molar-refractivity contribution in [3.05, 3.63) is 35.4 Å². The van der Waals surface area contributed by atoms with E-state index in [1.807, 2.05) is 20.8 Å². The standard InChI is InChI=1S/C17H22F3NO/c1-4-9-16(2,3)21-15(22)13-10-12(13)11-7-5-6-8-14(11)17(18,19)20/h5-8,12-13H,4,9-10H2,1-3H3,(H,21,22)/t12-,13-/m0/s1. The lowest BCUT2D eigenvalue weighted by Crippen LogP contribution is -2.44. The van der Waals surface area contributed by atoms with E-state index in [2.05, 4.69) is 5.32 Å². The van der Waals surface area contributed by atoms with Gasteiger partial charge in [0.25, 0.3) is 0 Å². The molecular formula is C17H22F3NO. The van der Waals surface area contributed by atoms with Crippen molar-refractivity contribution in [1.29, 1.82) is 0 Å². The van der Waals surface area contributed by atoms with Crippen LogP contribution in [0.5, 0.6) is 0 Å². The van der Waals surface area contributed by atoms with Gasteiger partial charge in [-0.05, 0) is 44.2 Å². The van der Waals surface area contributed by atoms with Crippen molar-refractivity contribution >= 4 is 5.91 Å². The highest BCUT2D eigenvalue weighted by Gasteiger charge is 2.48. The molecule has 2 atom stereocenters. The number of amides is 1. The van der Waals surface area contributed by atoms with E-state index in [9.17, 15) is 18.0 Å². The van der Waals surface area contributed by atoms with Crippen LogP contribution in [0.4, 0.5) is 13.2 Å². The zero-order chi connectivity index (χ0) is 16.5. The van der Waals surface area contributed by atoms with Crippen LogP contribution in [0.2, 0.25) is 0 Å². The summed E-state index contributed by atoms with van der Waals surface area (Å²) in [6, 6.07) is 5.55. The molecule has 0 bridgehead atoms. The van der Waals surface area contributed by atoms with E-state index >= 15 is 0 Å². The average molecular weight is 313 g/mol. The van der Waals surface area contributed by atoms with Crippen LogP contribution in [0.1, 0.15) is 57.1 Å². The summed E-state index contributed by atoms with van der Waals surface area (Å²) in [6.07, 6.45) is -2.10. The highest BCUT2D eigenvalue weighted by Crippen LogP contribution is 2.51. The largest absolute Gasteiger partial charge is 0.416 e. The third kappa shape index (κ3) is 3.81. The number of nitrogens with one attached hydrogen (secondary N) is 1. The van der Waals surface area contributed by atoms with Crippen LogP contribution in [0.15, 0.2) is 24.3 Å². The monoisotopic (exact) mass is 313 g/mol. The summed E-state index contributed by atoms with van der Waals surface area (Å²) >= 11 is 0. The second-order valence-electron chi connectivity index (χ2n) is 6.66. The van der Waals surface area contributed by atoms with E-state index in [0.29, 0.717) is 6.42 Å². The van der Waals surface area contributed by atoms with Crippen LogP contribution >= 0.6 is 0 Å². The van der Waals surface area contributed by atoms with E-state index in [1.165, 1.54) is 12.1 Å². The first kappa shape index (κ1) is 16.8. The predicted molar refractivity (Wildman–Crippen MR) is 79.4 cm³/mol. The lowest BCUT2D eigenvalue weighted by atomic mass is 9.98. The molecule has 1 aromatic carbocycles. The Labute approximate surface area is 129 Å². The quantitative estimate of drug-likeness (QED) is 0.852. The van der Waals surface area contributed by atoms with Crippen LogP contribution < -0.4 is 5.32 Å². The summed E-state index contributed by atoms with van der Waals surface area (Å²) < 4.78 is 39.1. The summed E-state index contributed by atoms with van der Waals surface area (Å²) in [6.45, 7) is 5.91. The first-order valence-electron chi connectivity index (χ1n) is 7.64. The van der Waals surface area contributed by atoms with E-state index in [1.54, 1.807) is 6.07 Å². The molecule has 1 saturated carbocycles. The second kappa shape index (κ2) is 5.94. The third-order valence-electron chi connectivity index (χ3n) is 4.13. The average Bonchev–Trinajstić information content (AvgIpc) is 3.17. The fourth-order valence-electron chi connectivity index (χ4n) is 3.02. The molecule has 0 heterocycles. The molecule has 1 amide bonds. The zero-order valence-electron chi connectivity index (χ0n) is 13.1. The molecule has 0 saturated heterocycles. The smallest absolute Gasteiger partial charge is 0.351 e. The first-order valence-corrected chi connectivity index (χ1v) is 7.64. The molecular weight excluding hydrogens is 291 g/mol. The van der Waals surface area contributed by atoms with E-state index in [0.717, 1.165) is 18.9 Å². The molecule has 1 N–H and O–H groups in total. The van der Waals surface area contributed by atoms with Gasteiger partial charge in [0.15, 0.2) is 0 Å². The molecule has 5 heteroatoms. The van der Waals surface area contributed by atoms with E-state index in [-0.39, 0.29) is 28.8 Å². The highest BCUT2D eigenvalue weighted by atomic mass is 19.4. The number of carbonyl (C=O) groups excluding carboxylic acids is 1. The second-order valence-corrected chi connectivity index (χ2v) is 6.66. The van der Waals surface area contributed by atoms with Crippen LogP contribution in [0.3, 0.4) is 0 Å². The van der Waals surface area contributed by atoms with Gasteiger partial charge in [-0.25, -0.2) is 0 Å². The molecule has 2 nitrogen and oxygen atoms in total. The van der Waals surface area contributed by atoms with Crippen LogP contribution in [-0.4, -0.2) is 11.4 Å². The van der Waals surface area contributed by atoms with Gasteiger partial charge < -0.3 is 5.32 Å². The van der Waals surface area contributed by atoms with E-state index in [4.69, 9.17) is 0 Å². The third-order valence-corrected chi connectivity index (χ3v) is 4.13. The number of hydrogen-bond acceptors (Lipinski definition) is 1. The minimum absolute atomic E-state index is 0.138. The summed E-state index contributed by atoms with van der Waals surface area (Å²) in [5, 5.41) is 2.96. The Morgan fingerprint density at radius 2 is 1.91 bits per heavy atom. The number of carbonyl (C=O) groups is 1. The molecule has 0 spiro atoms. The molecule has 1 aromatic rings. The summed E-state index contributed by atoms with van der Waals surface area (Å²) in [5.74, 6) is -0.810. The summed E-state index contributed by atoms with van der Waals surface area (Å²) in [7, 11) is 0. The van der Waals surface area contributed by atoms with Gasteiger partial charge in [0.2, 0.25) is 5.91 Å². The van der Waals surface area contributed by atoms with E-state index < -0.39 is 11.7 Å². The molecule has 0 radical (unpaired) electrons. The number of alkyl halides is 3. The maximum atomic E-state index is 13.0. The lowest BCUT2D eigenvalue weighted by molar-refractivity contribution is -0.138. The fraction of sp³-hybridized carbons (Fsp3) is 0.588. The zero-order valence-corrected chi connectivity index (χ0v) is 13.1. The molecule has 0 aromatic heterocycles. The number of halogens is 3. The minimum atomic E-state index is -4.37. The Balaban J connectivity index is 2.09. The Morgan fingerprint density at radius 3 is 2.50 bits per heavy atom. The molecule has 1 fully saturated rings. The predicted octanol–water partition coefficient (Wildman–Crippen LogP) is 4.50. The molecule has 0 unspecified atom stereocenters. The maximum Gasteiger partial charge on any atom is 0.416 e. The van der Waals surface area contributed by atoms with Crippen molar-refractivity contribution in [1.82, 2.24) is 5.32 Å². The minimum Gasteiger partial charge on any atom is -0.351 e.